The molecule has 5 heterocycles. The highest BCUT2D eigenvalue weighted by Crippen LogP contribution is 2.37. The van der Waals surface area contributed by atoms with Crippen molar-refractivity contribution in [3.05, 3.63) is 57.7 Å². The van der Waals surface area contributed by atoms with Crippen LogP contribution in [0.4, 0.5) is 5.69 Å². The maximum absolute atomic E-state index is 13.3. The summed E-state index contributed by atoms with van der Waals surface area (Å²) in [5.41, 5.74) is 3.68. The molecular weight excluding hydrogens is 536 g/mol. The normalized spacial score (nSPS) is 17.4. The van der Waals surface area contributed by atoms with Gasteiger partial charge in [0.1, 0.15) is 11.3 Å². The van der Waals surface area contributed by atoms with Crippen molar-refractivity contribution < 1.29 is 14.3 Å². The molecule has 37 heavy (non-hydrogen) atoms. The summed E-state index contributed by atoms with van der Waals surface area (Å²) in [5, 5.41) is 5.99. The molecule has 0 radical (unpaired) electrons. The number of ether oxygens (including phenoxy) is 1. The zero-order valence-electron chi connectivity index (χ0n) is 21.3. The topological polar surface area (TPSA) is 101 Å². The van der Waals surface area contributed by atoms with Crippen molar-refractivity contribution in [2.24, 2.45) is 0 Å². The Labute approximate surface area is 225 Å². The van der Waals surface area contributed by atoms with Gasteiger partial charge in [0.25, 0.3) is 11.8 Å². The first kappa shape index (κ1) is 25.8. The zero-order valence-corrected chi connectivity index (χ0v) is 22.9. The van der Waals surface area contributed by atoms with E-state index in [1.165, 1.54) is 12.8 Å². The molecule has 5 rings (SSSR count). The van der Waals surface area contributed by atoms with Crippen LogP contribution in [0.2, 0.25) is 0 Å². The van der Waals surface area contributed by atoms with Gasteiger partial charge in [0.2, 0.25) is 0 Å². The summed E-state index contributed by atoms with van der Waals surface area (Å²) in [6.07, 6.45) is 8.53. The Hall–Kier alpha value is -2.82. The molecule has 196 valence electrons. The number of hydrogen-bond donors (Lipinski definition) is 2. The summed E-state index contributed by atoms with van der Waals surface area (Å²) in [4.78, 5) is 37.8. The van der Waals surface area contributed by atoms with Gasteiger partial charge in [-0.2, -0.15) is 0 Å². The number of amides is 2. The smallest absolute Gasteiger partial charge is 0.274 e. The number of imidazole rings is 1. The average Bonchev–Trinajstić information content (AvgIpc) is 3.45. The number of aromatic nitrogens is 3. The Morgan fingerprint density at radius 3 is 2.78 bits per heavy atom. The monoisotopic (exact) mass is 568 g/mol. The number of likely N-dealkylation sites (tertiary alicyclic amines) is 1. The van der Waals surface area contributed by atoms with Gasteiger partial charge < -0.3 is 15.4 Å². The third-order valence-corrected chi connectivity index (χ3v) is 8.13. The maximum atomic E-state index is 13.3. The van der Waals surface area contributed by atoms with Gasteiger partial charge in [-0.3, -0.25) is 23.9 Å². The lowest BCUT2D eigenvalue weighted by Crippen LogP contribution is -2.50. The molecule has 2 saturated heterocycles. The van der Waals surface area contributed by atoms with E-state index in [1.54, 1.807) is 16.7 Å². The van der Waals surface area contributed by atoms with E-state index in [9.17, 15) is 9.59 Å². The minimum atomic E-state index is -0.287. The molecule has 2 amide bonds. The fourth-order valence-corrected chi connectivity index (χ4v) is 5.91. The Morgan fingerprint density at radius 2 is 2.00 bits per heavy atom. The van der Waals surface area contributed by atoms with Crippen LogP contribution in [0.3, 0.4) is 0 Å². The lowest BCUT2D eigenvalue weighted by Gasteiger charge is -2.41. The summed E-state index contributed by atoms with van der Waals surface area (Å²) in [7, 11) is 0. The standard InChI is InChI=1S/C27H33BrN6O3/c1-3-21-24(34-11-5-20(28)16-23(34)31-21)26(36)32-22-15-19(17-30-18(22)2)25(35)29-9-12-33-10-4-6-27(33)7-13-37-14-8-27/h5,11,15-17H,3-4,6-10,12-14H2,1-2H3,(H,29,35)(H,32,36). The molecular formula is C27H33BrN6O3. The first-order valence-corrected chi connectivity index (χ1v) is 13.7. The molecule has 2 aliphatic rings. The van der Waals surface area contributed by atoms with Gasteiger partial charge in [-0.1, -0.05) is 22.9 Å². The number of aryl methyl sites for hydroxylation is 2. The molecule has 10 heteroatoms. The molecule has 1 spiro atoms. The van der Waals surface area contributed by atoms with E-state index in [4.69, 9.17) is 4.74 Å². The fraction of sp³-hybridized carbons (Fsp3) is 0.481. The first-order chi connectivity index (χ1) is 17.9. The largest absolute Gasteiger partial charge is 0.381 e. The molecule has 0 saturated carbocycles. The van der Waals surface area contributed by atoms with Gasteiger partial charge in [0.05, 0.1) is 22.6 Å². The maximum Gasteiger partial charge on any atom is 0.274 e. The molecule has 2 N–H and O–H groups in total. The number of nitrogens with zero attached hydrogens (tertiary/aromatic N) is 4. The second-order valence-corrected chi connectivity index (χ2v) is 10.7. The quantitative estimate of drug-likeness (QED) is 0.447. The summed E-state index contributed by atoms with van der Waals surface area (Å²) in [6, 6.07) is 5.44. The van der Waals surface area contributed by atoms with Crippen LogP contribution >= 0.6 is 15.9 Å². The lowest BCUT2D eigenvalue weighted by atomic mass is 9.87. The Balaban J connectivity index is 1.26. The van der Waals surface area contributed by atoms with Crippen molar-refractivity contribution in [2.75, 3.05) is 38.2 Å². The Morgan fingerprint density at radius 1 is 1.19 bits per heavy atom. The Bertz CT molecular complexity index is 1320. The highest BCUT2D eigenvalue weighted by molar-refractivity contribution is 9.10. The molecule has 3 aromatic rings. The molecule has 0 unspecified atom stereocenters. The van der Waals surface area contributed by atoms with Crippen LogP contribution in [0.25, 0.3) is 5.65 Å². The average molecular weight is 570 g/mol. The second kappa shape index (κ2) is 10.9. The van der Waals surface area contributed by atoms with Gasteiger partial charge >= 0.3 is 0 Å². The minimum absolute atomic E-state index is 0.197. The number of pyridine rings is 2. The zero-order chi connectivity index (χ0) is 26.0. The van der Waals surface area contributed by atoms with E-state index < -0.39 is 0 Å². The molecule has 2 fully saturated rings. The van der Waals surface area contributed by atoms with E-state index in [2.05, 4.69) is 41.4 Å². The van der Waals surface area contributed by atoms with Crippen LogP contribution in [0.5, 0.6) is 0 Å². The summed E-state index contributed by atoms with van der Waals surface area (Å²) < 4.78 is 8.25. The number of rotatable bonds is 7. The lowest BCUT2D eigenvalue weighted by molar-refractivity contribution is -0.00743. The molecule has 0 aromatic carbocycles. The number of fused-ring (bicyclic) bond motifs is 1. The van der Waals surface area contributed by atoms with E-state index >= 15 is 0 Å². The van der Waals surface area contributed by atoms with Crippen molar-refractivity contribution in [3.8, 4) is 0 Å². The second-order valence-electron chi connectivity index (χ2n) is 9.83. The van der Waals surface area contributed by atoms with Crippen molar-refractivity contribution in [3.63, 3.8) is 0 Å². The third-order valence-electron chi connectivity index (χ3n) is 7.64. The molecule has 9 nitrogen and oxygen atoms in total. The predicted octanol–water partition coefficient (Wildman–Crippen LogP) is 3.99. The first-order valence-electron chi connectivity index (χ1n) is 13.0. The molecule has 0 aliphatic carbocycles. The van der Waals surface area contributed by atoms with Crippen LogP contribution in [0.15, 0.2) is 35.1 Å². The van der Waals surface area contributed by atoms with Crippen molar-refractivity contribution in [1.82, 2.24) is 24.6 Å². The SMILES string of the molecule is CCc1nc2cc(Br)ccn2c1C(=O)Nc1cc(C(=O)NCCN2CCCC23CCOCC3)cnc1C. The molecule has 3 aromatic heterocycles. The van der Waals surface area contributed by atoms with Gasteiger partial charge in [0.15, 0.2) is 0 Å². The van der Waals surface area contributed by atoms with Gasteiger partial charge in [-0.05, 0) is 63.8 Å². The minimum Gasteiger partial charge on any atom is -0.381 e. The number of anilines is 1. The van der Waals surface area contributed by atoms with Crippen molar-refractivity contribution in [2.45, 2.75) is 51.5 Å². The van der Waals surface area contributed by atoms with Crippen LogP contribution in [0, 0.1) is 6.92 Å². The number of carbonyl (C=O) groups is 2. The van der Waals surface area contributed by atoms with Crippen molar-refractivity contribution >= 4 is 39.1 Å². The van der Waals surface area contributed by atoms with Gasteiger partial charge in [-0.15, -0.1) is 0 Å². The number of halogens is 1. The van der Waals surface area contributed by atoms with E-state index in [1.807, 2.05) is 32.2 Å². The van der Waals surface area contributed by atoms with E-state index in [-0.39, 0.29) is 17.4 Å². The number of hydrogen-bond acceptors (Lipinski definition) is 6. The summed E-state index contributed by atoms with van der Waals surface area (Å²) in [6.45, 7) is 7.87. The van der Waals surface area contributed by atoms with Crippen LogP contribution in [0.1, 0.15) is 64.8 Å². The third kappa shape index (κ3) is 5.28. The summed E-state index contributed by atoms with van der Waals surface area (Å²) >= 11 is 3.46. The highest BCUT2D eigenvalue weighted by atomic mass is 79.9. The predicted molar refractivity (Wildman–Crippen MR) is 145 cm³/mol. The molecule has 2 aliphatic heterocycles. The Kier molecular flexibility index (Phi) is 7.60. The van der Waals surface area contributed by atoms with E-state index in [0.29, 0.717) is 46.9 Å². The van der Waals surface area contributed by atoms with Crippen LogP contribution in [-0.4, -0.2) is 69.5 Å². The van der Waals surface area contributed by atoms with Gasteiger partial charge in [-0.25, -0.2) is 4.98 Å². The fourth-order valence-electron chi connectivity index (χ4n) is 5.59. The van der Waals surface area contributed by atoms with Crippen molar-refractivity contribution in [1.29, 1.82) is 0 Å². The van der Waals surface area contributed by atoms with Crippen LogP contribution in [-0.2, 0) is 11.2 Å². The van der Waals surface area contributed by atoms with E-state index in [0.717, 1.165) is 43.6 Å². The highest BCUT2D eigenvalue weighted by Gasteiger charge is 2.41. The van der Waals surface area contributed by atoms with Crippen LogP contribution < -0.4 is 10.6 Å². The molecule has 0 atom stereocenters. The van der Waals surface area contributed by atoms with Gasteiger partial charge in [0, 0.05) is 48.7 Å². The number of nitrogens with one attached hydrogen (secondary N) is 2. The molecule has 0 bridgehead atoms. The summed E-state index contributed by atoms with van der Waals surface area (Å²) in [5.74, 6) is -0.484. The number of carbonyl (C=O) groups excluding carboxylic acids is 2.